The molecule has 0 aromatic heterocycles. The van der Waals surface area contributed by atoms with E-state index in [1.165, 1.54) is 12.1 Å². The molecular formula is C19H19FN2O3. The molecule has 1 unspecified atom stereocenters. The highest BCUT2D eigenvalue weighted by Gasteiger charge is 2.23. The van der Waals surface area contributed by atoms with Gasteiger partial charge in [0.1, 0.15) is 12.4 Å². The summed E-state index contributed by atoms with van der Waals surface area (Å²) in [6.45, 7) is 0.801. The molecule has 2 aromatic rings. The predicted octanol–water partition coefficient (Wildman–Crippen LogP) is 2.08. The lowest BCUT2D eigenvalue weighted by Gasteiger charge is -2.29. The maximum absolute atomic E-state index is 13.4. The number of amides is 2. The molecule has 130 valence electrons. The first kappa shape index (κ1) is 17.1. The maximum Gasteiger partial charge on any atom is 0.251 e. The van der Waals surface area contributed by atoms with Crippen LogP contribution >= 0.6 is 0 Å². The summed E-state index contributed by atoms with van der Waals surface area (Å²) in [4.78, 5) is 25.3. The van der Waals surface area contributed by atoms with Gasteiger partial charge in [-0.2, -0.15) is 0 Å². The second kappa shape index (κ2) is 7.44. The van der Waals surface area contributed by atoms with E-state index in [1.54, 1.807) is 42.3 Å². The van der Waals surface area contributed by atoms with Crippen molar-refractivity contribution in [2.45, 2.75) is 6.10 Å². The van der Waals surface area contributed by atoms with Crippen molar-refractivity contribution in [1.82, 2.24) is 10.2 Å². The number of ether oxygens (including phenoxy) is 1. The van der Waals surface area contributed by atoms with Gasteiger partial charge in [0.15, 0.2) is 0 Å². The van der Waals surface area contributed by atoms with Gasteiger partial charge in [-0.1, -0.05) is 24.3 Å². The number of carbonyl (C=O) groups is 2. The lowest BCUT2D eigenvalue weighted by Crippen LogP contribution is -2.48. The Morgan fingerprint density at radius 3 is 2.68 bits per heavy atom. The van der Waals surface area contributed by atoms with Gasteiger partial charge < -0.3 is 15.0 Å². The average molecular weight is 342 g/mol. The van der Waals surface area contributed by atoms with Gasteiger partial charge in [-0.3, -0.25) is 9.59 Å². The number of hydrogen-bond acceptors (Lipinski definition) is 3. The second-order valence-corrected chi connectivity index (χ2v) is 6.01. The molecule has 0 bridgehead atoms. The summed E-state index contributed by atoms with van der Waals surface area (Å²) >= 11 is 0. The Morgan fingerprint density at radius 1 is 1.24 bits per heavy atom. The summed E-state index contributed by atoms with van der Waals surface area (Å²) in [6.07, 6.45) is -0.224. The van der Waals surface area contributed by atoms with Crippen molar-refractivity contribution in [1.29, 1.82) is 0 Å². The van der Waals surface area contributed by atoms with Crippen LogP contribution in [0.15, 0.2) is 48.5 Å². The molecule has 5 nitrogen and oxygen atoms in total. The Kier molecular flexibility index (Phi) is 5.09. The molecule has 0 aliphatic carbocycles. The molecule has 0 radical (unpaired) electrons. The zero-order valence-electron chi connectivity index (χ0n) is 13.9. The maximum atomic E-state index is 13.4. The number of likely N-dealkylation sites (N-methyl/N-ethyl adjacent to an activating group) is 1. The number of morpholine rings is 1. The van der Waals surface area contributed by atoms with Gasteiger partial charge in [0, 0.05) is 25.7 Å². The van der Waals surface area contributed by atoms with Gasteiger partial charge in [-0.05, 0) is 35.4 Å². The number of nitrogens with one attached hydrogen (secondary N) is 1. The topological polar surface area (TPSA) is 58.6 Å². The molecule has 1 saturated heterocycles. The van der Waals surface area contributed by atoms with Gasteiger partial charge in [0.2, 0.25) is 5.91 Å². The van der Waals surface area contributed by atoms with Crippen molar-refractivity contribution in [3.8, 4) is 11.1 Å². The molecule has 3 rings (SSSR count). The normalized spacial score (nSPS) is 17.4. The van der Waals surface area contributed by atoms with Crippen molar-refractivity contribution in [2.75, 3.05) is 26.7 Å². The minimum absolute atomic E-state index is 0.0338. The van der Waals surface area contributed by atoms with Crippen molar-refractivity contribution in [3.05, 3.63) is 59.9 Å². The standard InChI is InChI=1S/C19H19FN2O3/c1-22-11-17(25-12-18(22)23)10-21-19(24)15-6-2-4-13(8-15)14-5-3-7-16(20)9-14/h2-9,17H,10-12H2,1H3,(H,21,24). The summed E-state index contributed by atoms with van der Waals surface area (Å²) in [5.41, 5.74) is 1.97. The van der Waals surface area contributed by atoms with E-state index in [1.807, 2.05) is 6.07 Å². The zero-order chi connectivity index (χ0) is 17.8. The summed E-state index contributed by atoms with van der Waals surface area (Å²) in [5, 5.41) is 2.82. The molecule has 2 aromatic carbocycles. The van der Waals surface area contributed by atoms with Crippen molar-refractivity contribution in [2.24, 2.45) is 0 Å². The quantitative estimate of drug-likeness (QED) is 0.925. The van der Waals surface area contributed by atoms with Crippen LogP contribution in [0.25, 0.3) is 11.1 Å². The fourth-order valence-electron chi connectivity index (χ4n) is 2.70. The summed E-state index contributed by atoms with van der Waals surface area (Å²) in [6, 6.07) is 13.3. The highest BCUT2D eigenvalue weighted by molar-refractivity contribution is 5.95. The van der Waals surface area contributed by atoms with Crippen LogP contribution in [0.2, 0.25) is 0 Å². The second-order valence-electron chi connectivity index (χ2n) is 6.01. The number of carbonyl (C=O) groups excluding carboxylic acids is 2. The predicted molar refractivity (Wildman–Crippen MR) is 91.5 cm³/mol. The molecule has 1 atom stereocenters. The highest BCUT2D eigenvalue weighted by Crippen LogP contribution is 2.21. The first-order chi connectivity index (χ1) is 12.0. The van der Waals surface area contributed by atoms with Crippen LogP contribution in [0.3, 0.4) is 0 Å². The number of benzene rings is 2. The van der Waals surface area contributed by atoms with Crippen LogP contribution in [0.1, 0.15) is 10.4 Å². The molecule has 6 heteroatoms. The van der Waals surface area contributed by atoms with Gasteiger partial charge in [0.05, 0.1) is 6.10 Å². The van der Waals surface area contributed by atoms with E-state index >= 15 is 0 Å². The van der Waals surface area contributed by atoms with Crippen LogP contribution in [-0.4, -0.2) is 49.6 Å². The lowest BCUT2D eigenvalue weighted by atomic mass is 10.0. The molecular weight excluding hydrogens is 323 g/mol. The van der Waals surface area contributed by atoms with E-state index in [0.717, 1.165) is 5.56 Å². The molecule has 0 saturated carbocycles. The van der Waals surface area contributed by atoms with Crippen LogP contribution in [0.5, 0.6) is 0 Å². The Bertz CT molecular complexity index is 794. The number of rotatable bonds is 4. The Hall–Kier alpha value is -2.73. The first-order valence-electron chi connectivity index (χ1n) is 8.02. The van der Waals surface area contributed by atoms with Crippen LogP contribution < -0.4 is 5.32 Å². The van der Waals surface area contributed by atoms with Crippen molar-refractivity contribution < 1.29 is 18.7 Å². The molecule has 1 aliphatic rings. The number of nitrogens with zero attached hydrogens (tertiary/aromatic N) is 1. The minimum atomic E-state index is -0.319. The average Bonchev–Trinajstić information content (AvgIpc) is 2.62. The lowest BCUT2D eigenvalue weighted by molar-refractivity contribution is -0.146. The summed E-state index contributed by atoms with van der Waals surface area (Å²) in [7, 11) is 1.71. The SMILES string of the molecule is CN1CC(CNC(=O)c2cccc(-c3cccc(F)c3)c2)OCC1=O. The highest BCUT2D eigenvalue weighted by atomic mass is 19.1. The van der Waals surface area contributed by atoms with E-state index in [4.69, 9.17) is 4.74 Å². The van der Waals surface area contributed by atoms with Gasteiger partial charge >= 0.3 is 0 Å². The van der Waals surface area contributed by atoms with E-state index in [9.17, 15) is 14.0 Å². The van der Waals surface area contributed by atoms with Gasteiger partial charge in [0.25, 0.3) is 5.91 Å². The summed E-state index contributed by atoms with van der Waals surface area (Å²) in [5.74, 6) is -0.618. The fraction of sp³-hybridized carbons (Fsp3) is 0.263. The summed E-state index contributed by atoms with van der Waals surface area (Å²) < 4.78 is 18.8. The van der Waals surface area contributed by atoms with Gasteiger partial charge in [-0.25, -0.2) is 4.39 Å². The van der Waals surface area contributed by atoms with E-state index in [2.05, 4.69) is 5.32 Å². The third-order valence-corrected chi connectivity index (χ3v) is 4.12. The van der Waals surface area contributed by atoms with Crippen molar-refractivity contribution in [3.63, 3.8) is 0 Å². The fourth-order valence-corrected chi connectivity index (χ4v) is 2.70. The van der Waals surface area contributed by atoms with Crippen LogP contribution in [-0.2, 0) is 9.53 Å². The van der Waals surface area contributed by atoms with Crippen molar-refractivity contribution >= 4 is 11.8 Å². The van der Waals surface area contributed by atoms with E-state index in [0.29, 0.717) is 24.2 Å². The smallest absolute Gasteiger partial charge is 0.251 e. The monoisotopic (exact) mass is 342 g/mol. The Morgan fingerprint density at radius 2 is 1.96 bits per heavy atom. The molecule has 0 spiro atoms. The molecule has 1 aliphatic heterocycles. The molecule has 1 heterocycles. The molecule has 1 N–H and O–H groups in total. The zero-order valence-corrected chi connectivity index (χ0v) is 13.9. The van der Waals surface area contributed by atoms with E-state index < -0.39 is 0 Å². The first-order valence-corrected chi connectivity index (χ1v) is 8.02. The van der Waals surface area contributed by atoms with Crippen LogP contribution in [0, 0.1) is 5.82 Å². The molecule has 1 fully saturated rings. The third-order valence-electron chi connectivity index (χ3n) is 4.12. The number of halogens is 1. The Balaban J connectivity index is 1.65. The third kappa shape index (κ3) is 4.22. The molecule has 2 amide bonds. The largest absolute Gasteiger partial charge is 0.365 e. The Labute approximate surface area is 145 Å². The van der Waals surface area contributed by atoms with Crippen LogP contribution in [0.4, 0.5) is 4.39 Å². The van der Waals surface area contributed by atoms with Gasteiger partial charge in [-0.15, -0.1) is 0 Å². The molecule has 25 heavy (non-hydrogen) atoms. The minimum Gasteiger partial charge on any atom is -0.365 e. The number of hydrogen-bond donors (Lipinski definition) is 1. The van der Waals surface area contributed by atoms with E-state index in [-0.39, 0.29) is 30.3 Å².